The van der Waals surface area contributed by atoms with Crippen LogP contribution in [0.1, 0.15) is 46.3 Å². The third-order valence-electron chi connectivity index (χ3n) is 5.58. The molecule has 8 atom stereocenters. The second-order valence-electron chi connectivity index (χ2n) is 8.11. The van der Waals surface area contributed by atoms with Gasteiger partial charge in [-0.15, -0.1) is 0 Å². The number of hydrogen-bond acceptors (Lipinski definition) is 10. The third kappa shape index (κ3) is 5.67. The minimum Gasteiger partial charge on any atom is -0.449 e. The van der Waals surface area contributed by atoms with E-state index in [1.165, 1.54) is 0 Å². The lowest BCUT2D eigenvalue weighted by atomic mass is 10.1. The van der Waals surface area contributed by atoms with E-state index in [0.717, 1.165) is 23.6 Å². The van der Waals surface area contributed by atoms with Gasteiger partial charge in [-0.3, -0.25) is 9.88 Å². The lowest BCUT2D eigenvalue weighted by Gasteiger charge is -2.24. The lowest BCUT2D eigenvalue weighted by molar-refractivity contribution is -0.207. The van der Waals surface area contributed by atoms with E-state index in [2.05, 4.69) is 10.3 Å². The van der Waals surface area contributed by atoms with Gasteiger partial charge in [0.15, 0.2) is 24.2 Å². The number of aromatic nitrogens is 2. The van der Waals surface area contributed by atoms with Crippen molar-refractivity contribution in [2.24, 2.45) is 0 Å². The highest BCUT2D eigenvalue weighted by molar-refractivity contribution is 5.83. The van der Waals surface area contributed by atoms with E-state index < -0.39 is 72.6 Å². The van der Waals surface area contributed by atoms with Gasteiger partial charge in [0.2, 0.25) is 0 Å². The van der Waals surface area contributed by atoms with Crippen LogP contribution in [0.15, 0.2) is 11.0 Å². The molecule has 1 aromatic heterocycles. The molecule has 2 aliphatic rings. The van der Waals surface area contributed by atoms with Gasteiger partial charge >= 0.3 is 11.8 Å². The molecule has 1 aromatic rings. The number of amides is 1. The zero-order chi connectivity index (χ0) is 24.3. The summed E-state index contributed by atoms with van der Waals surface area (Å²) >= 11 is 0. The Hall–Kier alpha value is -2.16. The summed E-state index contributed by atoms with van der Waals surface area (Å²) in [4.78, 5) is 27.8. The molecule has 0 aliphatic carbocycles. The Morgan fingerprint density at radius 3 is 2.55 bits per heavy atom. The molecular formula is C20H30FN3O9. The molecule has 1 unspecified atom stereocenters. The Bertz CT molecular complexity index is 885. The minimum absolute atomic E-state index is 0.148. The molecule has 186 valence electrons. The Morgan fingerprint density at radius 1 is 1.18 bits per heavy atom. The average molecular weight is 475 g/mol. The van der Waals surface area contributed by atoms with Gasteiger partial charge in [0.05, 0.1) is 25.0 Å². The average Bonchev–Trinajstić information content (AvgIpc) is 3.18. The maximum atomic E-state index is 14.5. The lowest BCUT2D eigenvalue weighted by Crippen LogP contribution is -2.42. The number of nitrogens with one attached hydrogen (secondary N) is 1. The minimum atomic E-state index is -1.45. The maximum absolute atomic E-state index is 14.5. The van der Waals surface area contributed by atoms with Gasteiger partial charge in [-0.1, -0.05) is 19.8 Å². The molecule has 0 saturated carbocycles. The number of rotatable bonds is 8. The van der Waals surface area contributed by atoms with E-state index >= 15 is 0 Å². The van der Waals surface area contributed by atoms with E-state index in [-0.39, 0.29) is 6.61 Å². The van der Waals surface area contributed by atoms with Crippen molar-refractivity contribution in [1.29, 1.82) is 0 Å². The third-order valence-corrected chi connectivity index (χ3v) is 5.58. The van der Waals surface area contributed by atoms with Gasteiger partial charge in [-0.05, 0) is 20.3 Å². The molecule has 0 bridgehead atoms. The highest BCUT2D eigenvalue weighted by atomic mass is 19.1. The Labute approximate surface area is 189 Å². The number of hydrogen-bond donors (Lipinski definition) is 4. The zero-order valence-corrected chi connectivity index (χ0v) is 18.6. The fourth-order valence-electron chi connectivity index (χ4n) is 3.68. The number of anilines is 1. The molecule has 2 aliphatic heterocycles. The smallest absolute Gasteiger partial charge is 0.412 e. The van der Waals surface area contributed by atoms with Crippen LogP contribution in [0.4, 0.5) is 15.0 Å². The van der Waals surface area contributed by atoms with Gasteiger partial charge in [0.25, 0.3) is 0 Å². The monoisotopic (exact) mass is 475 g/mol. The zero-order valence-electron chi connectivity index (χ0n) is 18.6. The molecule has 2 saturated heterocycles. The van der Waals surface area contributed by atoms with Gasteiger partial charge < -0.3 is 34.3 Å². The molecule has 13 heteroatoms. The Kier molecular flexibility index (Phi) is 8.37. The van der Waals surface area contributed by atoms with E-state index in [0.29, 0.717) is 6.42 Å². The van der Waals surface area contributed by atoms with E-state index in [1.807, 2.05) is 6.92 Å². The summed E-state index contributed by atoms with van der Waals surface area (Å²) in [5.41, 5.74) is -0.990. The fraction of sp³-hybridized carbons (Fsp3) is 0.750. The number of aliphatic hydroxyl groups excluding tert-OH is 3. The van der Waals surface area contributed by atoms with Crippen LogP contribution in [0.5, 0.6) is 0 Å². The van der Waals surface area contributed by atoms with Crippen LogP contribution in [0, 0.1) is 5.82 Å². The van der Waals surface area contributed by atoms with Crippen LogP contribution in [0.3, 0.4) is 0 Å². The summed E-state index contributed by atoms with van der Waals surface area (Å²) < 4.78 is 36.7. The molecule has 0 aromatic carbocycles. The second-order valence-corrected chi connectivity index (χ2v) is 8.11. The molecule has 3 rings (SSSR count). The van der Waals surface area contributed by atoms with Crippen molar-refractivity contribution in [1.82, 2.24) is 9.55 Å². The first-order valence-corrected chi connectivity index (χ1v) is 10.9. The molecule has 0 spiro atoms. The van der Waals surface area contributed by atoms with E-state index in [4.69, 9.17) is 18.9 Å². The van der Waals surface area contributed by atoms with Gasteiger partial charge in [0.1, 0.15) is 24.4 Å². The van der Waals surface area contributed by atoms with Crippen molar-refractivity contribution in [2.75, 3.05) is 11.9 Å². The van der Waals surface area contributed by atoms with Crippen molar-refractivity contribution >= 4 is 11.9 Å². The summed E-state index contributed by atoms with van der Waals surface area (Å²) in [6.45, 7) is 5.24. The van der Waals surface area contributed by atoms with E-state index in [1.54, 1.807) is 13.8 Å². The first kappa shape index (κ1) is 25.5. The summed E-state index contributed by atoms with van der Waals surface area (Å²) in [6, 6.07) is 0. The van der Waals surface area contributed by atoms with Gasteiger partial charge in [0, 0.05) is 0 Å². The van der Waals surface area contributed by atoms with Gasteiger partial charge in [-0.25, -0.2) is 14.0 Å². The summed E-state index contributed by atoms with van der Waals surface area (Å²) in [5.74, 6) is -1.66. The SMILES string of the molecule is CCCCCOC(=O)Nc1nc(=O)n(C2O[C@H](C)[C@@H](O[C@@H]3O[C@H](C)[C@@H](O)[C@H]3O)[C@H]2O)cc1F. The van der Waals surface area contributed by atoms with Crippen LogP contribution >= 0.6 is 0 Å². The normalized spacial score (nSPS) is 33.9. The molecule has 4 N–H and O–H groups in total. The molecule has 0 radical (unpaired) electrons. The molecule has 1 amide bonds. The summed E-state index contributed by atoms with van der Waals surface area (Å²) in [6.07, 6.45) is -6.79. The number of nitrogens with zero attached hydrogens (tertiary/aromatic N) is 2. The number of carbonyl (C=O) groups is 1. The number of carbonyl (C=O) groups excluding carboxylic acids is 1. The maximum Gasteiger partial charge on any atom is 0.412 e. The predicted molar refractivity (Wildman–Crippen MR) is 110 cm³/mol. The summed E-state index contributed by atoms with van der Waals surface area (Å²) in [7, 11) is 0. The predicted octanol–water partition coefficient (Wildman–Crippen LogP) is 0.251. The number of unbranched alkanes of at least 4 members (excludes halogenated alkanes) is 2. The quantitative estimate of drug-likeness (QED) is 0.384. The highest BCUT2D eigenvalue weighted by Crippen LogP contribution is 2.33. The Morgan fingerprint density at radius 2 is 1.91 bits per heavy atom. The molecule has 12 nitrogen and oxygen atoms in total. The van der Waals surface area contributed by atoms with Crippen molar-refractivity contribution in [3.63, 3.8) is 0 Å². The van der Waals surface area contributed by atoms with Crippen molar-refractivity contribution < 1.29 is 43.5 Å². The number of ether oxygens (including phenoxy) is 4. The van der Waals surface area contributed by atoms with Gasteiger partial charge in [-0.2, -0.15) is 4.98 Å². The van der Waals surface area contributed by atoms with Crippen molar-refractivity contribution in [3.05, 3.63) is 22.5 Å². The molecule has 2 fully saturated rings. The van der Waals surface area contributed by atoms with Crippen molar-refractivity contribution in [2.45, 2.75) is 89.2 Å². The van der Waals surface area contributed by atoms with Crippen LogP contribution in [0.2, 0.25) is 0 Å². The van der Waals surface area contributed by atoms with E-state index in [9.17, 15) is 29.3 Å². The summed E-state index contributed by atoms with van der Waals surface area (Å²) in [5, 5.41) is 32.6. The highest BCUT2D eigenvalue weighted by Gasteiger charge is 2.49. The van der Waals surface area contributed by atoms with Crippen LogP contribution in [-0.4, -0.2) is 80.5 Å². The Balaban J connectivity index is 1.67. The van der Waals surface area contributed by atoms with Crippen molar-refractivity contribution in [3.8, 4) is 0 Å². The molecule has 33 heavy (non-hydrogen) atoms. The second kappa shape index (κ2) is 10.8. The standard InChI is InChI=1S/C20H30FN3O9/c1-4-5-6-7-30-20(29)23-16-11(21)8-24(19(28)22-16)17-14(27)15(10(3)31-17)33-18-13(26)12(25)9(2)32-18/h8-10,12-15,17-18,25-27H,4-7H2,1-3H3,(H,22,23,28,29)/t9-,10-,12-,13-,14-,15-,17?,18+/m1/s1. The largest absolute Gasteiger partial charge is 0.449 e. The number of halogens is 1. The first-order chi connectivity index (χ1) is 15.6. The number of aliphatic hydroxyl groups is 3. The van der Waals surface area contributed by atoms with Crippen LogP contribution in [0.25, 0.3) is 0 Å². The van der Waals surface area contributed by atoms with Crippen LogP contribution in [-0.2, 0) is 18.9 Å². The first-order valence-electron chi connectivity index (χ1n) is 10.9. The fourth-order valence-corrected chi connectivity index (χ4v) is 3.68. The van der Waals surface area contributed by atoms with Crippen LogP contribution < -0.4 is 11.0 Å². The molecule has 3 heterocycles. The topological polar surface area (TPSA) is 162 Å². The molecular weight excluding hydrogens is 445 g/mol.